The Labute approximate surface area is 130 Å². The molecule has 1 fully saturated rings. The van der Waals surface area contributed by atoms with Crippen molar-refractivity contribution in [1.29, 1.82) is 0 Å². The SMILES string of the molecule is OCCCSCCNC1CCCCCCCCCCC1. The van der Waals surface area contributed by atoms with Gasteiger partial charge in [0.25, 0.3) is 0 Å². The average molecular weight is 302 g/mol. The van der Waals surface area contributed by atoms with Crippen LogP contribution in [0.3, 0.4) is 0 Å². The van der Waals surface area contributed by atoms with Gasteiger partial charge in [-0.05, 0) is 25.0 Å². The molecule has 0 bridgehead atoms. The lowest BCUT2D eigenvalue weighted by Crippen LogP contribution is -2.31. The predicted molar refractivity (Wildman–Crippen MR) is 91.6 cm³/mol. The molecule has 1 aliphatic carbocycles. The van der Waals surface area contributed by atoms with Crippen LogP contribution >= 0.6 is 11.8 Å². The van der Waals surface area contributed by atoms with Crippen molar-refractivity contribution in [2.75, 3.05) is 24.7 Å². The minimum atomic E-state index is 0.336. The maximum atomic E-state index is 8.75. The Morgan fingerprint density at radius 3 is 1.90 bits per heavy atom. The Morgan fingerprint density at radius 1 is 0.800 bits per heavy atom. The van der Waals surface area contributed by atoms with Gasteiger partial charge in [-0.3, -0.25) is 0 Å². The van der Waals surface area contributed by atoms with Crippen LogP contribution in [0.15, 0.2) is 0 Å². The van der Waals surface area contributed by atoms with Crippen molar-refractivity contribution in [3.63, 3.8) is 0 Å². The van der Waals surface area contributed by atoms with Gasteiger partial charge in [-0.25, -0.2) is 0 Å². The van der Waals surface area contributed by atoms with E-state index in [2.05, 4.69) is 5.32 Å². The molecule has 1 aliphatic rings. The van der Waals surface area contributed by atoms with Crippen molar-refractivity contribution in [2.24, 2.45) is 0 Å². The molecule has 0 aromatic rings. The second-order valence-electron chi connectivity index (χ2n) is 6.10. The topological polar surface area (TPSA) is 32.3 Å². The third kappa shape index (κ3) is 11.0. The Morgan fingerprint density at radius 2 is 1.35 bits per heavy atom. The molecule has 20 heavy (non-hydrogen) atoms. The van der Waals surface area contributed by atoms with Gasteiger partial charge < -0.3 is 10.4 Å². The molecule has 0 aromatic carbocycles. The van der Waals surface area contributed by atoms with E-state index in [0.717, 1.165) is 24.8 Å². The first-order chi connectivity index (χ1) is 9.93. The van der Waals surface area contributed by atoms with Crippen LogP contribution in [0.4, 0.5) is 0 Å². The molecule has 0 radical (unpaired) electrons. The zero-order valence-corrected chi connectivity index (χ0v) is 14.1. The smallest absolute Gasteiger partial charge is 0.0438 e. The summed E-state index contributed by atoms with van der Waals surface area (Å²) >= 11 is 1.97. The van der Waals surface area contributed by atoms with Crippen molar-refractivity contribution in [3.8, 4) is 0 Å². The molecule has 0 unspecified atom stereocenters. The lowest BCUT2D eigenvalue weighted by Gasteiger charge is -2.19. The zero-order valence-electron chi connectivity index (χ0n) is 13.2. The predicted octanol–water partition coefficient (Wildman–Crippen LogP) is 4.36. The second kappa shape index (κ2) is 14.2. The first kappa shape index (κ1) is 18.3. The second-order valence-corrected chi connectivity index (χ2v) is 7.32. The summed E-state index contributed by atoms with van der Waals surface area (Å²) in [7, 11) is 0. The maximum Gasteiger partial charge on any atom is 0.0438 e. The standard InChI is InChI=1S/C17H35NOS/c19-14-10-15-20-16-13-18-17-11-8-6-4-2-1-3-5-7-9-12-17/h17-19H,1-16H2. The van der Waals surface area contributed by atoms with Gasteiger partial charge in [0.15, 0.2) is 0 Å². The van der Waals surface area contributed by atoms with Crippen molar-refractivity contribution in [1.82, 2.24) is 5.32 Å². The zero-order chi connectivity index (χ0) is 14.3. The van der Waals surface area contributed by atoms with Gasteiger partial charge in [-0.1, -0.05) is 57.8 Å². The van der Waals surface area contributed by atoms with Gasteiger partial charge >= 0.3 is 0 Å². The van der Waals surface area contributed by atoms with Crippen LogP contribution in [0.5, 0.6) is 0 Å². The van der Waals surface area contributed by atoms with Gasteiger partial charge in [0, 0.05) is 24.9 Å². The number of nitrogens with one attached hydrogen (secondary N) is 1. The van der Waals surface area contributed by atoms with Gasteiger partial charge in [-0.2, -0.15) is 11.8 Å². The van der Waals surface area contributed by atoms with Crippen LogP contribution in [0, 0.1) is 0 Å². The van der Waals surface area contributed by atoms with Crippen LogP contribution in [-0.4, -0.2) is 35.8 Å². The van der Waals surface area contributed by atoms with Crippen molar-refractivity contribution >= 4 is 11.8 Å². The molecular weight excluding hydrogens is 266 g/mol. The molecule has 0 atom stereocenters. The lowest BCUT2D eigenvalue weighted by molar-refractivity contribution is 0.296. The van der Waals surface area contributed by atoms with Crippen LogP contribution in [0.25, 0.3) is 0 Å². The Kier molecular flexibility index (Phi) is 13.0. The molecule has 0 aliphatic heterocycles. The van der Waals surface area contributed by atoms with E-state index in [1.165, 1.54) is 76.4 Å². The van der Waals surface area contributed by atoms with Crippen LogP contribution in [-0.2, 0) is 0 Å². The summed E-state index contributed by atoms with van der Waals surface area (Å²) in [4.78, 5) is 0. The highest BCUT2D eigenvalue weighted by Gasteiger charge is 2.08. The summed E-state index contributed by atoms with van der Waals surface area (Å²) in [5.41, 5.74) is 0. The van der Waals surface area contributed by atoms with E-state index >= 15 is 0 Å². The van der Waals surface area contributed by atoms with Crippen LogP contribution in [0.1, 0.15) is 77.0 Å². The molecule has 3 heteroatoms. The summed E-state index contributed by atoms with van der Waals surface area (Å²) in [6, 6.07) is 0.757. The molecule has 1 rings (SSSR count). The largest absolute Gasteiger partial charge is 0.396 e. The molecule has 0 spiro atoms. The van der Waals surface area contributed by atoms with Crippen molar-refractivity contribution in [2.45, 2.75) is 83.1 Å². The number of aliphatic hydroxyl groups excluding tert-OH is 1. The third-order valence-electron chi connectivity index (χ3n) is 4.23. The lowest BCUT2D eigenvalue weighted by atomic mass is 9.98. The number of thioether (sulfide) groups is 1. The van der Waals surface area contributed by atoms with Crippen LogP contribution in [0.2, 0.25) is 0 Å². The fourth-order valence-corrected chi connectivity index (χ4v) is 3.77. The fraction of sp³-hybridized carbons (Fsp3) is 1.00. The van der Waals surface area contributed by atoms with E-state index in [1.54, 1.807) is 0 Å². The Balaban J connectivity index is 2.08. The molecule has 1 saturated carbocycles. The summed E-state index contributed by atoms with van der Waals surface area (Å²) in [5, 5.41) is 12.5. The first-order valence-electron chi connectivity index (χ1n) is 8.85. The molecule has 0 amide bonds. The van der Waals surface area contributed by atoms with E-state index in [4.69, 9.17) is 5.11 Å². The number of rotatable bonds is 7. The molecule has 2 N–H and O–H groups in total. The van der Waals surface area contributed by atoms with E-state index in [9.17, 15) is 0 Å². The molecule has 120 valence electrons. The fourth-order valence-electron chi connectivity index (χ4n) is 2.97. The minimum absolute atomic E-state index is 0.336. The summed E-state index contributed by atoms with van der Waals surface area (Å²) in [6.07, 6.45) is 16.7. The van der Waals surface area contributed by atoms with Gasteiger partial charge in [-0.15, -0.1) is 0 Å². The van der Waals surface area contributed by atoms with Crippen LogP contribution < -0.4 is 5.32 Å². The third-order valence-corrected chi connectivity index (χ3v) is 5.30. The monoisotopic (exact) mass is 301 g/mol. The average Bonchev–Trinajstić information content (AvgIpc) is 2.45. The van der Waals surface area contributed by atoms with E-state index in [-0.39, 0.29) is 0 Å². The molecular formula is C17H35NOS. The van der Waals surface area contributed by atoms with Crippen molar-refractivity contribution in [3.05, 3.63) is 0 Å². The molecule has 0 heterocycles. The summed E-state index contributed by atoms with van der Waals surface area (Å²) in [6.45, 7) is 1.48. The molecule has 0 saturated heterocycles. The highest BCUT2D eigenvalue weighted by Crippen LogP contribution is 2.17. The number of aliphatic hydroxyl groups is 1. The molecule has 2 nitrogen and oxygen atoms in total. The van der Waals surface area contributed by atoms with E-state index < -0.39 is 0 Å². The van der Waals surface area contributed by atoms with Crippen molar-refractivity contribution < 1.29 is 5.11 Å². The molecule has 0 aromatic heterocycles. The maximum absolute atomic E-state index is 8.75. The summed E-state index contributed by atoms with van der Waals surface area (Å²) in [5.74, 6) is 2.29. The minimum Gasteiger partial charge on any atom is -0.396 e. The van der Waals surface area contributed by atoms with E-state index in [1.807, 2.05) is 11.8 Å². The number of hydrogen-bond donors (Lipinski definition) is 2. The highest BCUT2D eigenvalue weighted by atomic mass is 32.2. The Hall–Kier alpha value is 0.270. The van der Waals surface area contributed by atoms with E-state index in [0.29, 0.717) is 6.61 Å². The van der Waals surface area contributed by atoms with Gasteiger partial charge in [0.1, 0.15) is 0 Å². The quantitative estimate of drug-likeness (QED) is 0.685. The van der Waals surface area contributed by atoms with Gasteiger partial charge in [0.2, 0.25) is 0 Å². The Bertz CT molecular complexity index is 189. The normalized spacial score (nSPS) is 20.2. The highest BCUT2D eigenvalue weighted by molar-refractivity contribution is 7.99. The summed E-state index contributed by atoms with van der Waals surface area (Å²) < 4.78 is 0. The van der Waals surface area contributed by atoms with Gasteiger partial charge in [0.05, 0.1) is 0 Å². The number of hydrogen-bond acceptors (Lipinski definition) is 3. The first-order valence-corrected chi connectivity index (χ1v) is 10.0.